The molecule has 9 nitrogen and oxygen atoms in total. The minimum atomic E-state index is -4.37. The molecule has 0 saturated heterocycles. The van der Waals surface area contributed by atoms with Gasteiger partial charge < -0.3 is 19.3 Å². The Labute approximate surface area is 337 Å². The Morgan fingerprint density at radius 2 is 1.04 bits per heavy atom. The van der Waals surface area contributed by atoms with Crippen molar-refractivity contribution >= 4 is 19.8 Å². The van der Waals surface area contributed by atoms with E-state index in [1.54, 1.807) is 0 Å². The first-order chi connectivity index (χ1) is 26.7. The van der Waals surface area contributed by atoms with E-state index in [0.29, 0.717) is 19.4 Å². The lowest BCUT2D eigenvalue weighted by Gasteiger charge is -2.20. The molecule has 0 heterocycles. The number of likely N-dealkylation sites (N-methyl/N-ethyl adjacent to an activating group) is 1. The lowest BCUT2D eigenvalue weighted by Crippen LogP contribution is -2.29. The van der Waals surface area contributed by atoms with Crippen molar-refractivity contribution in [2.24, 2.45) is 0 Å². The number of hydrogen-bond acceptors (Lipinski definition) is 8. The molecule has 0 aromatic carbocycles. The maximum atomic E-state index is 12.7. The van der Waals surface area contributed by atoms with Gasteiger partial charge in [-0.05, 0) is 65.5 Å². The Hall–Kier alpha value is -2.03. The van der Waals surface area contributed by atoms with E-state index < -0.39 is 32.5 Å². The highest BCUT2D eigenvalue weighted by Gasteiger charge is 2.26. The van der Waals surface area contributed by atoms with Crippen LogP contribution >= 0.6 is 7.82 Å². The smallest absolute Gasteiger partial charge is 0.462 e. The molecule has 0 fully saturated rings. The summed E-state index contributed by atoms with van der Waals surface area (Å²) in [5.41, 5.74) is 0. The third-order valence-corrected chi connectivity index (χ3v) is 10.1. The molecule has 0 aliphatic rings. The summed E-state index contributed by atoms with van der Waals surface area (Å²) in [5.74, 6) is -0.828. The molecule has 0 spiro atoms. The molecule has 0 bridgehead atoms. The predicted molar refractivity (Wildman–Crippen MR) is 229 cm³/mol. The molecule has 0 saturated carbocycles. The van der Waals surface area contributed by atoms with Crippen molar-refractivity contribution in [3.63, 3.8) is 0 Å². The third-order valence-electron chi connectivity index (χ3n) is 9.15. The SMILES string of the molecule is CC/C=C\C/C=C\C/C=C\C/C=C\CCCCCCC(=O)OCC(COP(=O)(O)OCCN(C)C)OC(=O)CCCCCCCCCCCCCCCCC. The average Bonchev–Trinajstić information content (AvgIpc) is 3.15. The van der Waals surface area contributed by atoms with Crippen molar-refractivity contribution in [1.82, 2.24) is 4.90 Å². The molecule has 1 N–H and O–H groups in total. The van der Waals surface area contributed by atoms with Gasteiger partial charge >= 0.3 is 19.8 Å². The second kappa shape index (κ2) is 40.2. The van der Waals surface area contributed by atoms with Crippen LogP contribution in [0.2, 0.25) is 0 Å². The molecule has 0 aromatic heterocycles. The number of carbonyl (C=O) groups excluding carboxylic acids is 2. The number of hydrogen-bond donors (Lipinski definition) is 1. The standard InChI is InChI=1S/C45H82NO8P/c1-5-7-9-11-13-15-17-19-21-22-24-25-27-29-31-33-35-37-44(47)51-41-43(42-53-55(49,50)52-40-39-46(3)4)54-45(48)38-36-34-32-30-28-26-23-20-18-16-14-12-10-8-6-2/h7,9,13,15,19,21,24-25,43H,5-6,8,10-12,14,16-18,20,22-23,26-42H2,1-4H3,(H,49,50)/b9-7-,15-13-,21-19-,25-24-. The number of nitrogens with zero attached hydrogens (tertiary/aromatic N) is 1. The molecule has 2 atom stereocenters. The van der Waals surface area contributed by atoms with Crippen LogP contribution in [0.15, 0.2) is 48.6 Å². The first kappa shape index (κ1) is 53.0. The number of esters is 2. The van der Waals surface area contributed by atoms with Gasteiger partial charge in [0, 0.05) is 19.4 Å². The topological polar surface area (TPSA) is 112 Å². The largest absolute Gasteiger partial charge is 0.472 e. The molecular formula is C45H82NO8P. The number of rotatable bonds is 40. The van der Waals surface area contributed by atoms with Gasteiger partial charge in [0.05, 0.1) is 13.2 Å². The van der Waals surface area contributed by atoms with Crippen molar-refractivity contribution in [2.75, 3.05) is 40.5 Å². The van der Waals surface area contributed by atoms with Gasteiger partial charge in [-0.1, -0.05) is 165 Å². The van der Waals surface area contributed by atoms with Gasteiger partial charge in [0.15, 0.2) is 6.10 Å². The molecular weight excluding hydrogens is 713 g/mol. The molecule has 0 aromatic rings. The average molecular weight is 796 g/mol. The zero-order valence-corrected chi connectivity index (χ0v) is 36.5. The predicted octanol–water partition coefficient (Wildman–Crippen LogP) is 12.5. The van der Waals surface area contributed by atoms with Gasteiger partial charge in [-0.2, -0.15) is 0 Å². The highest BCUT2D eigenvalue weighted by atomic mass is 31.2. The van der Waals surface area contributed by atoms with Crippen LogP contribution in [0, 0.1) is 0 Å². The van der Waals surface area contributed by atoms with E-state index in [2.05, 4.69) is 62.5 Å². The van der Waals surface area contributed by atoms with Gasteiger partial charge in [-0.25, -0.2) is 4.57 Å². The summed E-state index contributed by atoms with van der Waals surface area (Å²) < 4.78 is 33.5. The summed E-state index contributed by atoms with van der Waals surface area (Å²) in [6, 6.07) is 0. The Balaban J connectivity index is 4.32. The van der Waals surface area contributed by atoms with E-state index in [4.69, 9.17) is 18.5 Å². The van der Waals surface area contributed by atoms with Crippen LogP contribution in [0.25, 0.3) is 0 Å². The summed E-state index contributed by atoms with van der Waals surface area (Å²) in [4.78, 5) is 37.0. The Kier molecular flexibility index (Phi) is 38.7. The van der Waals surface area contributed by atoms with Crippen LogP contribution in [0.3, 0.4) is 0 Å². The van der Waals surface area contributed by atoms with Crippen molar-refractivity contribution in [3.8, 4) is 0 Å². The molecule has 2 unspecified atom stereocenters. The Morgan fingerprint density at radius 1 is 0.582 bits per heavy atom. The number of carbonyl (C=O) groups is 2. The van der Waals surface area contributed by atoms with Crippen LogP contribution in [0.5, 0.6) is 0 Å². The fraction of sp³-hybridized carbons (Fsp3) is 0.778. The van der Waals surface area contributed by atoms with Crippen LogP contribution in [0.4, 0.5) is 0 Å². The fourth-order valence-electron chi connectivity index (χ4n) is 5.80. The lowest BCUT2D eigenvalue weighted by molar-refractivity contribution is -0.161. The van der Waals surface area contributed by atoms with E-state index in [1.807, 2.05) is 19.0 Å². The molecule has 320 valence electrons. The van der Waals surface area contributed by atoms with E-state index >= 15 is 0 Å². The maximum absolute atomic E-state index is 12.7. The summed E-state index contributed by atoms with van der Waals surface area (Å²) in [6.07, 6.45) is 44.4. The van der Waals surface area contributed by atoms with Gasteiger partial charge in [0.2, 0.25) is 0 Å². The lowest BCUT2D eigenvalue weighted by atomic mass is 10.0. The maximum Gasteiger partial charge on any atom is 0.472 e. The first-order valence-electron chi connectivity index (χ1n) is 21.9. The van der Waals surface area contributed by atoms with Crippen LogP contribution in [-0.2, 0) is 32.7 Å². The second-order valence-corrected chi connectivity index (χ2v) is 16.3. The molecule has 55 heavy (non-hydrogen) atoms. The Bertz CT molecular complexity index is 1060. The minimum absolute atomic E-state index is 0.00283. The van der Waals surface area contributed by atoms with Crippen molar-refractivity contribution < 1.29 is 37.6 Å². The number of ether oxygens (including phenoxy) is 2. The van der Waals surface area contributed by atoms with E-state index in [-0.39, 0.29) is 26.1 Å². The number of allylic oxidation sites excluding steroid dienone is 8. The van der Waals surface area contributed by atoms with Crippen molar-refractivity contribution in [1.29, 1.82) is 0 Å². The summed E-state index contributed by atoms with van der Waals surface area (Å²) in [7, 11) is -0.723. The fourth-order valence-corrected chi connectivity index (χ4v) is 6.54. The van der Waals surface area contributed by atoms with Crippen LogP contribution < -0.4 is 0 Å². The molecule has 0 aliphatic carbocycles. The van der Waals surface area contributed by atoms with Gasteiger partial charge in [-0.15, -0.1) is 0 Å². The molecule has 0 rings (SSSR count). The zero-order valence-electron chi connectivity index (χ0n) is 35.6. The van der Waals surface area contributed by atoms with E-state index in [9.17, 15) is 19.0 Å². The third kappa shape index (κ3) is 41.4. The summed E-state index contributed by atoms with van der Waals surface area (Å²) in [5, 5.41) is 0. The molecule has 0 radical (unpaired) electrons. The van der Waals surface area contributed by atoms with Crippen molar-refractivity contribution in [2.45, 2.75) is 187 Å². The highest BCUT2D eigenvalue weighted by Crippen LogP contribution is 2.43. The van der Waals surface area contributed by atoms with E-state index in [1.165, 1.54) is 77.0 Å². The number of unbranched alkanes of at least 4 members (excludes halogenated alkanes) is 18. The highest BCUT2D eigenvalue weighted by molar-refractivity contribution is 7.47. The minimum Gasteiger partial charge on any atom is -0.462 e. The molecule has 10 heteroatoms. The van der Waals surface area contributed by atoms with Gasteiger partial charge in [0.25, 0.3) is 0 Å². The number of phosphoric ester groups is 1. The van der Waals surface area contributed by atoms with Crippen LogP contribution in [-0.4, -0.2) is 68.3 Å². The van der Waals surface area contributed by atoms with Gasteiger partial charge in [0.1, 0.15) is 6.61 Å². The first-order valence-corrected chi connectivity index (χ1v) is 23.4. The molecule has 0 aliphatic heterocycles. The van der Waals surface area contributed by atoms with E-state index in [0.717, 1.165) is 64.2 Å². The summed E-state index contributed by atoms with van der Waals surface area (Å²) >= 11 is 0. The Morgan fingerprint density at radius 3 is 1.55 bits per heavy atom. The second-order valence-electron chi connectivity index (χ2n) is 14.8. The quantitative estimate of drug-likeness (QED) is 0.0280. The van der Waals surface area contributed by atoms with Crippen LogP contribution in [0.1, 0.15) is 181 Å². The normalized spacial score (nSPS) is 13.9. The summed E-state index contributed by atoms with van der Waals surface area (Å²) in [6.45, 7) is 4.19. The molecule has 0 amide bonds. The van der Waals surface area contributed by atoms with Gasteiger partial charge in [-0.3, -0.25) is 18.6 Å². The zero-order chi connectivity index (χ0) is 40.5. The van der Waals surface area contributed by atoms with Crippen molar-refractivity contribution in [3.05, 3.63) is 48.6 Å². The monoisotopic (exact) mass is 796 g/mol. The number of phosphoric acid groups is 1.